The number of hydrogen-bond donors (Lipinski definition) is 1. The van der Waals surface area contributed by atoms with Crippen LogP contribution in [0.15, 0.2) is 73.1 Å². The van der Waals surface area contributed by atoms with E-state index in [2.05, 4.69) is 20.8 Å². The molecule has 4 aromatic rings. The smallest absolute Gasteiger partial charge is 0.251 e. The van der Waals surface area contributed by atoms with Gasteiger partial charge in [0.15, 0.2) is 0 Å². The molecule has 0 saturated heterocycles. The Morgan fingerprint density at radius 2 is 1.73 bits per heavy atom. The molecule has 3 aromatic carbocycles. The van der Waals surface area contributed by atoms with E-state index in [1.165, 1.54) is 23.1 Å². The third-order valence-corrected chi connectivity index (χ3v) is 4.90. The van der Waals surface area contributed by atoms with Crippen molar-refractivity contribution in [2.75, 3.05) is 0 Å². The van der Waals surface area contributed by atoms with Crippen LogP contribution in [0.2, 0.25) is 0 Å². The van der Waals surface area contributed by atoms with Gasteiger partial charge in [-0.1, -0.05) is 42.0 Å². The lowest BCUT2D eigenvalue weighted by molar-refractivity contribution is 0.0940. The lowest BCUT2D eigenvalue weighted by Gasteiger charge is -2.16. The predicted octanol–water partition coefficient (Wildman–Crippen LogP) is 4.27. The molecule has 1 N–H and O–H groups in total. The molecule has 1 heterocycles. The van der Waals surface area contributed by atoms with Crippen LogP contribution < -0.4 is 5.32 Å². The highest BCUT2D eigenvalue weighted by molar-refractivity contribution is 5.96. The normalized spacial score (nSPS) is 11.8. The Morgan fingerprint density at radius 3 is 2.40 bits per heavy atom. The molecule has 0 radical (unpaired) electrons. The van der Waals surface area contributed by atoms with Crippen LogP contribution in [-0.4, -0.2) is 26.1 Å². The van der Waals surface area contributed by atoms with Gasteiger partial charge in [-0.2, -0.15) is 0 Å². The summed E-state index contributed by atoms with van der Waals surface area (Å²) < 4.78 is 14.7. The van der Waals surface area contributed by atoms with Gasteiger partial charge < -0.3 is 5.32 Å². The summed E-state index contributed by atoms with van der Waals surface area (Å²) in [5.41, 5.74) is 4.99. The van der Waals surface area contributed by atoms with Gasteiger partial charge in [0.25, 0.3) is 5.91 Å². The lowest BCUT2D eigenvalue weighted by Crippen LogP contribution is -2.26. The quantitative estimate of drug-likeness (QED) is 0.542. The Morgan fingerprint density at radius 1 is 1.00 bits per heavy atom. The number of carbonyl (C=O) groups excluding carboxylic acids is 1. The maximum Gasteiger partial charge on any atom is 0.251 e. The summed E-state index contributed by atoms with van der Waals surface area (Å²) in [7, 11) is 0. The van der Waals surface area contributed by atoms with Crippen molar-refractivity contribution in [2.45, 2.75) is 19.9 Å². The van der Waals surface area contributed by atoms with Crippen molar-refractivity contribution in [3.8, 4) is 16.8 Å². The fourth-order valence-corrected chi connectivity index (χ4v) is 3.18. The number of rotatable bonds is 5. The summed E-state index contributed by atoms with van der Waals surface area (Å²) in [6.07, 6.45) is 1.48. The zero-order valence-corrected chi connectivity index (χ0v) is 16.6. The Bertz CT molecular complexity index is 1160. The van der Waals surface area contributed by atoms with Gasteiger partial charge in [0.05, 0.1) is 11.7 Å². The first-order valence-electron chi connectivity index (χ1n) is 9.51. The van der Waals surface area contributed by atoms with Crippen LogP contribution in [0, 0.1) is 12.7 Å². The van der Waals surface area contributed by atoms with Crippen molar-refractivity contribution in [3.63, 3.8) is 0 Å². The molecule has 0 spiro atoms. The van der Waals surface area contributed by atoms with Crippen LogP contribution in [0.4, 0.5) is 4.39 Å². The topological polar surface area (TPSA) is 72.7 Å². The average Bonchev–Trinajstić information content (AvgIpc) is 3.29. The van der Waals surface area contributed by atoms with Gasteiger partial charge in [-0.25, -0.2) is 9.07 Å². The molecule has 0 unspecified atom stereocenters. The van der Waals surface area contributed by atoms with Gasteiger partial charge in [0.2, 0.25) is 0 Å². The van der Waals surface area contributed by atoms with E-state index in [0.29, 0.717) is 11.3 Å². The van der Waals surface area contributed by atoms with Gasteiger partial charge in [-0.15, -0.1) is 5.10 Å². The Balaban J connectivity index is 1.68. The van der Waals surface area contributed by atoms with E-state index in [1.54, 1.807) is 18.2 Å². The molecule has 0 saturated carbocycles. The second kappa shape index (κ2) is 8.24. The first-order chi connectivity index (χ1) is 14.5. The number of nitrogens with one attached hydrogen (secondary N) is 1. The minimum atomic E-state index is -0.311. The maximum absolute atomic E-state index is 13.2. The summed E-state index contributed by atoms with van der Waals surface area (Å²) in [5, 5.41) is 14.3. The van der Waals surface area contributed by atoms with Crippen molar-refractivity contribution in [1.29, 1.82) is 0 Å². The van der Waals surface area contributed by atoms with E-state index in [1.807, 2.05) is 50.2 Å². The summed E-state index contributed by atoms with van der Waals surface area (Å²) in [6.45, 7) is 3.88. The van der Waals surface area contributed by atoms with Gasteiger partial charge >= 0.3 is 0 Å². The predicted molar refractivity (Wildman–Crippen MR) is 112 cm³/mol. The molecule has 1 aromatic heterocycles. The Hall–Kier alpha value is -3.87. The molecule has 6 nitrogen and oxygen atoms in total. The second-order valence-corrected chi connectivity index (χ2v) is 7.14. The van der Waals surface area contributed by atoms with E-state index < -0.39 is 0 Å². The highest BCUT2D eigenvalue weighted by Gasteiger charge is 2.15. The number of benzene rings is 3. The zero-order chi connectivity index (χ0) is 21.1. The number of hydrogen-bond acceptors (Lipinski definition) is 4. The van der Waals surface area contributed by atoms with Gasteiger partial charge in [0.1, 0.15) is 12.1 Å². The Labute approximate surface area is 173 Å². The van der Waals surface area contributed by atoms with Crippen molar-refractivity contribution in [2.24, 2.45) is 0 Å². The number of nitrogens with zero attached hydrogens (tertiary/aromatic N) is 4. The van der Waals surface area contributed by atoms with Crippen molar-refractivity contribution in [1.82, 2.24) is 25.5 Å². The SMILES string of the molecule is Cc1ccc(-c2cc(C(=O)N[C@H](C)c3ccc(F)cc3)cc(-n3cnnn3)c2)cc1. The van der Waals surface area contributed by atoms with Crippen LogP contribution in [0.5, 0.6) is 0 Å². The summed E-state index contributed by atoms with van der Waals surface area (Å²) in [5.74, 6) is -0.552. The van der Waals surface area contributed by atoms with Gasteiger partial charge in [-0.3, -0.25) is 4.79 Å². The number of aromatic nitrogens is 4. The Kier molecular flexibility index (Phi) is 5.34. The van der Waals surface area contributed by atoms with E-state index >= 15 is 0 Å². The third kappa shape index (κ3) is 4.25. The molecule has 0 aliphatic carbocycles. The molecule has 1 amide bonds. The molecule has 1 atom stereocenters. The van der Waals surface area contributed by atoms with Crippen molar-refractivity contribution in [3.05, 3.63) is 95.6 Å². The molecule has 7 heteroatoms. The largest absolute Gasteiger partial charge is 0.346 e. The molecule has 0 aliphatic rings. The lowest BCUT2D eigenvalue weighted by atomic mass is 10.00. The maximum atomic E-state index is 13.2. The van der Waals surface area contributed by atoms with Crippen LogP contribution in [-0.2, 0) is 0 Å². The number of tetrazole rings is 1. The zero-order valence-electron chi connectivity index (χ0n) is 16.6. The third-order valence-electron chi connectivity index (χ3n) is 4.90. The number of halogens is 1. The first kappa shape index (κ1) is 19.4. The highest BCUT2D eigenvalue weighted by Crippen LogP contribution is 2.25. The van der Waals surface area contributed by atoms with Crippen LogP contribution in [0.3, 0.4) is 0 Å². The van der Waals surface area contributed by atoms with Gasteiger partial charge in [-0.05, 0) is 71.3 Å². The molecular formula is C23H20FN5O. The van der Waals surface area contributed by atoms with Crippen LogP contribution in [0.25, 0.3) is 16.8 Å². The minimum absolute atomic E-state index is 0.241. The fraction of sp³-hybridized carbons (Fsp3) is 0.130. The average molecular weight is 401 g/mol. The highest BCUT2D eigenvalue weighted by atomic mass is 19.1. The number of amides is 1. The van der Waals surface area contributed by atoms with Crippen molar-refractivity contribution >= 4 is 5.91 Å². The van der Waals surface area contributed by atoms with E-state index in [-0.39, 0.29) is 17.8 Å². The molecule has 150 valence electrons. The molecule has 4 rings (SSSR count). The van der Waals surface area contributed by atoms with Gasteiger partial charge in [0, 0.05) is 5.56 Å². The summed E-state index contributed by atoms with van der Waals surface area (Å²) >= 11 is 0. The molecular weight excluding hydrogens is 381 g/mol. The monoisotopic (exact) mass is 401 g/mol. The molecule has 0 bridgehead atoms. The van der Waals surface area contributed by atoms with E-state index in [0.717, 1.165) is 22.3 Å². The summed E-state index contributed by atoms with van der Waals surface area (Å²) in [6, 6.07) is 19.4. The fourth-order valence-electron chi connectivity index (χ4n) is 3.18. The van der Waals surface area contributed by atoms with Crippen molar-refractivity contribution < 1.29 is 9.18 Å². The first-order valence-corrected chi connectivity index (χ1v) is 9.51. The van der Waals surface area contributed by atoms with Crippen LogP contribution in [0.1, 0.15) is 34.5 Å². The van der Waals surface area contributed by atoms with Crippen LogP contribution >= 0.6 is 0 Å². The van der Waals surface area contributed by atoms with E-state index in [9.17, 15) is 9.18 Å². The summed E-state index contributed by atoms with van der Waals surface area (Å²) in [4.78, 5) is 13.0. The minimum Gasteiger partial charge on any atom is -0.346 e. The molecule has 30 heavy (non-hydrogen) atoms. The van der Waals surface area contributed by atoms with E-state index in [4.69, 9.17) is 0 Å². The standard InChI is InChI=1S/C23H20FN5O/c1-15-3-5-18(6-4-15)19-11-20(13-22(12-19)29-14-25-27-28-29)23(30)26-16(2)17-7-9-21(24)10-8-17/h3-14,16H,1-2H3,(H,26,30)/t16-/m1/s1. The molecule has 0 fully saturated rings. The molecule has 0 aliphatic heterocycles. The second-order valence-electron chi connectivity index (χ2n) is 7.14. The number of aryl methyl sites for hydroxylation is 1. The number of carbonyl (C=O) groups is 1.